The molecule has 3 heteroatoms. The fraction of sp³-hybridized carbons (Fsp3) is 0.846. The van der Waals surface area contributed by atoms with Crippen molar-refractivity contribution in [3.8, 4) is 0 Å². The number of ether oxygens (including phenoxy) is 1. The molecule has 2 aliphatic rings. The number of allylic oxidation sites excluding steroid dienone is 1. The third kappa shape index (κ3) is 2.61. The maximum atomic E-state index is 10.1. The maximum absolute atomic E-state index is 10.1. The van der Waals surface area contributed by atoms with E-state index in [-0.39, 0.29) is 5.60 Å². The van der Waals surface area contributed by atoms with Crippen LogP contribution in [0.5, 0.6) is 0 Å². The van der Waals surface area contributed by atoms with Crippen LogP contribution in [0.1, 0.15) is 44.9 Å². The molecule has 2 rings (SSSR count). The topological polar surface area (TPSA) is 32.8 Å². The van der Waals surface area contributed by atoms with Gasteiger partial charge in [-0.15, -0.1) is 11.6 Å². The largest absolute Gasteiger partial charge is 0.386 e. The first-order valence-corrected chi connectivity index (χ1v) is 6.91. The number of aliphatic hydroxyl groups is 1. The predicted molar refractivity (Wildman–Crippen MR) is 65.8 cm³/mol. The molecule has 16 heavy (non-hydrogen) atoms. The van der Waals surface area contributed by atoms with Crippen LogP contribution in [0.3, 0.4) is 0 Å². The molecule has 1 heterocycles. The van der Waals surface area contributed by atoms with Crippen molar-refractivity contribution in [3.63, 3.8) is 0 Å². The number of epoxide rings is 1. The zero-order valence-corrected chi connectivity index (χ0v) is 10.5. The van der Waals surface area contributed by atoms with Gasteiger partial charge in [-0.2, -0.15) is 0 Å². The van der Waals surface area contributed by atoms with Gasteiger partial charge in [0.1, 0.15) is 11.7 Å². The smallest absolute Gasteiger partial charge is 0.124 e. The van der Waals surface area contributed by atoms with E-state index in [1.807, 2.05) is 6.08 Å². The average molecular weight is 245 g/mol. The quantitative estimate of drug-likeness (QED) is 0.337. The lowest BCUT2D eigenvalue weighted by Gasteiger charge is -2.20. The molecule has 2 fully saturated rings. The summed E-state index contributed by atoms with van der Waals surface area (Å²) in [5.41, 5.74) is -0.207. The minimum atomic E-state index is -0.409. The molecule has 0 bridgehead atoms. The summed E-state index contributed by atoms with van der Waals surface area (Å²) in [6.45, 7) is 0. The van der Waals surface area contributed by atoms with Gasteiger partial charge in [-0.25, -0.2) is 0 Å². The molecule has 1 aliphatic heterocycles. The summed E-state index contributed by atoms with van der Waals surface area (Å²) >= 11 is 5.60. The second-order valence-corrected chi connectivity index (χ2v) is 5.24. The highest BCUT2D eigenvalue weighted by atomic mass is 35.5. The van der Waals surface area contributed by atoms with Crippen molar-refractivity contribution in [2.45, 2.75) is 62.8 Å². The van der Waals surface area contributed by atoms with Crippen molar-refractivity contribution < 1.29 is 9.84 Å². The number of alkyl halides is 1. The molecule has 1 N–H and O–H groups in total. The van der Waals surface area contributed by atoms with Crippen molar-refractivity contribution >= 4 is 11.6 Å². The number of fused-ring (bicyclic) bond motifs is 1. The fourth-order valence-corrected chi connectivity index (χ4v) is 2.83. The molecule has 3 unspecified atom stereocenters. The lowest BCUT2D eigenvalue weighted by Crippen LogP contribution is -2.32. The lowest BCUT2D eigenvalue weighted by atomic mass is 9.85. The summed E-state index contributed by atoms with van der Waals surface area (Å²) in [6, 6.07) is 0. The molecule has 0 aromatic heterocycles. The van der Waals surface area contributed by atoms with E-state index in [4.69, 9.17) is 16.3 Å². The van der Waals surface area contributed by atoms with E-state index >= 15 is 0 Å². The molecule has 0 radical (unpaired) electrons. The van der Waals surface area contributed by atoms with Crippen LogP contribution in [0.4, 0.5) is 0 Å². The Morgan fingerprint density at radius 3 is 3.06 bits per heavy atom. The molecule has 0 spiro atoms. The SMILES string of the molecule is OC(C=CCCCCCl)C12CCCCC1O2. The van der Waals surface area contributed by atoms with Crippen LogP contribution in [-0.2, 0) is 4.74 Å². The van der Waals surface area contributed by atoms with E-state index in [2.05, 4.69) is 6.08 Å². The Morgan fingerprint density at radius 2 is 2.31 bits per heavy atom. The molecule has 92 valence electrons. The van der Waals surface area contributed by atoms with Crippen molar-refractivity contribution in [3.05, 3.63) is 12.2 Å². The summed E-state index contributed by atoms with van der Waals surface area (Å²) in [6.07, 6.45) is 11.6. The first-order valence-electron chi connectivity index (χ1n) is 6.38. The Balaban J connectivity index is 1.73. The van der Waals surface area contributed by atoms with E-state index in [9.17, 15) is 5.11 Å². The number of unbranched alkanes of at least 4 members (excludes halogenated alkanes) is 2. The van der Waals surface area contributed by atoms with Crippen LogP contribution < -0.4 is 0 Å². The van der Waals surface area contributed by atoms with Gasteiger partial charge in [0.2, 0.25) is 0 Å². The van der Waals surface area contributed by atoms with Crippen LogP contribution in [0.25, 0.3) is 0 Å². The highest BCUT2D eigenvalue weighted by Gasteiger charge is 2.60. The Labute approximate surface area is 103 Å². The molecule has 0 aromatic carbocycles. The summed E-state index contributed by atoms with van der Waals surface area (Å²) in [5.74, 6) is 0.728. The predicted octanol–water partition coefficient (Wildman–Crippen LogP) is 3.02. The van der Waals surface area contributed by atoms with Crippen molar-refractivity contribution in [1.82, 2.24) is 0 Å². The molecular weight excluding hydrogens is 224 g/mol. The number of hydrogen-bond acceptors (Lipinski definition) is 2. The lowest BCUT2D eigenvalue weighted by molar-refractivity contribution is 0.104. The Bertz CT molecular complexity index is 254. The number of aliphatic hydroxyl groups excluding tert-OH is 1. The summed E-state index contributed by atoms with van der Waals surface area (Å²) in [7, 11) is 0. The van der Waals surface area contributed by atoms with Crippen molar-refractivity contribution in [2.75, 3.05) is 5.88 Å². The zero-order valence-electron chi connectivity index (χ0n) is 9.70. The molecule has 2 nitrogen and oxygen atoms in total. The highest BCUT2D eigenvalue weighted by molar-refractivity contribution is 6.17. The normalized spacial score (nSPS) is 35.0. The van der Waals surface area contributed by atoms with Crippen LogP contribution in [0.15, 0.2) is 12.2 Å². The van der Waals surface area contributed by atoms with E-state index < -0.39 is 6.10 Å². The summed E-state index contributed by atoms with van der Waals surface area (Å²) in [4.78, 5) is 0. The highest BCUT2D eigenvalue weighted by Crippen LogP contribution is 2.50. The fourth-order valence-electron chi connectivity index (χ4n) is 2.64. The molecule has 0 amide bonds. The van der Waals surface area contributed by atoms with E-state index in [0.717, 1.165) is 38.0 Å². The third-order valence-electron chi connectivity index (χ3n) is 3.71. The van der Waals surface area contributed by atoms with Gasteiger partial charge < -0.3 is 9.84 Å². The second-order valence-electron chi connectivity index (χ2n) is 4.86. The molecular formula is C13H21ClO2. The van der Waals surface area contributed by atoms with Gasteiger partial charge in [0.05, 0.1) is 6.10 Å². The maximum Gasteiger partial charge on any atom is 0.124 e. The van der Waals surface area contributed by atoms with Gasteiger partial charge in [0, 0.05) is 5.88 Å². The van der Waals surface area contributed by atoms with Crippen LogP contribution in [0.2, 0.25) is 0 Å². The number of rotatable bonds is 6. The minimum absolute atomic E-state index is 0.207. The van der Waals surface area contributed by atoms with Gasteiger partial charge in [-0.1, -0.05) is 25.0 Å². The van der Waals surface area contributed by atoms with Gasteiger partial charge in [-0.3, -0.25) is 0 Å². The van der Waals surface area contributed by atoms with Crippen LogP contribution >= 0.6 is 11.6 Å². The molecule has 0 aromatic rings. The third-order valence-corrected chi connectivity index (χ3v) is 3.97. The van der Waals surface area contributed by atoms with Crippen molar-refractivity contribution in [2.24, 2.45) is 0 Å². The zero-order chi connectivity index (χ0) is 11.4. The Kier molecular flexibility index (Phi) is 4.28. The van der Waals surface area contributed by atoms with Gasteiger partial charge in [0.25, 0.3) is 0 Å². The molecule has 1 aliphatic carbocycles. The van der Waals surface area contributed by atoms with Gasteiger partial charge in [-0.05, 0) is 32.1 Å². The average Bonchev–Trinajstić information content (AvgIpc) is 3.04. The minimum Gasteiger partial charge on any atom is -0.386 e. The molecule has 1 saturated carbocycles. The summed E-state index contributed by atoms with van der Waals surface area (Å²) < 4.78 is 5.68. The van der Waals surface area contributed by atoms with Crippen LogP contribution in [-0.4, -0.2) is 28.8 Å². The standard InChI is InChI=1S/C13H21ClO2/c14-10-6-2-1-3-7-11(15)13-9-5-4-8-12(13)16-13/h3,7,11-12,15H,1-2,4-6,8-10H2. The molecule has 1 saturated heterocycles. The van der Waals surface area contributed by atoms with Crippen LogP contribution in [0, 0.1) is 0 Å². The Morgan fingerprint density at radius 1 is 1.44 bits per heavy atom. The Hall–Kier alpha value is -0.0500. The second kappa shape index (κ2) is 5.52. The van der Waals surface area contributed by atoms with Gasteiger partial charge in [0.15, 0.2) is 0 Å². The van der Waals surface area contributed by atoms with Crippen molar-refractivity contribution in [1.29, 1.82) is 0 Å². The summed E-state index contributed by atoms with van der Waals surface area (Å²) in [5, 5.41) is 10.1. The first kappa shape index (κ1) is 12.4. The first-order chi connectivity index (χ1) is 7.79. The van der Waals surface area contributed by atoms with E-state index in [0.29, 0.717) is 6.10 Å². The number of hydrogen-bond donors (Lipinski definition) is 1. The monoisotopic (exact) mass is 244 g/mol. The van der Waals surface area contributed by atoms with E-state index in [1.165, 1.54) is 12.8 Å². The molecule has 3 atom stereocenters. The van der Waals surface area contributed by atoms with Gasteiger partial charge >= 0.3 is 0 Å². The van der Waals surface area contributed by atoms with E-state index in [1.54, 1.807) is 0 Å². The number of halogens is 1.